The number of fused-ring (bicyclic) bond motifs is 1. The van der Waals surface area contributed by atoms with Crippen molar-refractivity contribution < 1.29 is 4.79 Å². The highest BCUT2D eigenvalue weighted by atomic mass is 16.1. The number of pyridine rings is 2. The lowest BCUT2D eigenvalue weighted by atomic mass is 10.1. The van der Waals surface area contributed by atoms with Crippen molar-refractivity contribution in [3.8, 4) is 22.6 Å². The van der Waals surface area contributed by atoms with Gasteiger partial charge in [-0.25, -0.2) is 9.50 Å². The van der Waals surface area contributed by atoms with Gasteiger partial charge in [-0.3, -0.25) is 14.8 Å². The first-order valence-electron chi connectivity index (χ1n) is 7.67. The van der Waals surface area contributed by atoms with E-state index in [1.807, 2.05) is 43.3 Å². The Morgan fingerprint density at radius 2 is 1.92 bits per heavy atom. The fourth-order valence-electron chi connectivity index (χ4n) is 2.68. The highest BCUT2D eigenvalue weighted by molar-refractivity contribution is 5.91. The Morgan fingerprint density at radius 1 is 1.04 bits per heavy atom. The molecule has 4 aromatic rings. The Kier molecular flexibility index (Phi) is 3.46. The van der Waals surface area contributed by atoms with E-state index in [1.165, 1.54) is 10.7 Å². The first-order valence-corrected chi connectivity index (χ1v) is 7.67. The van der Waals surface area contributed by atoms with Crippen molar-refractivity contribution in [1.29, 1.82) is 0 Å². The maximum absolute atomic E-state index is 11.5. The highest BCUT2D eigenvalue weighted by Crippen LogP contribution is 2.28. The second kappa shape index (κ2) is 5.79. The first kappa shape index (κ1) is 14.9. The van der Waals surface area contributed by atoms with Gasteiger partial charge in [-0.1, -0.05) is 6.07 Å². The van der Waals surface area contributed by atoms with E-state index in [1.54, 1.807) is 12.3 Å². The van der Waals surface area contributed by atoms with E-state index < -0.39 is 5.91 Å². The number of nitrogens with zero attached hydrogens (tertiary/aromatic N) is 5. The zero-order chi connectivity index (χ0) is 17.4. The minimum Gasteiger partial charge on any atom is -0.364 e. The van der Waals surface area contributed by atoms with E-state index in [2.05, 4.69) is 20.1 Å². The van der Waals surface area contributed by atoms with Crippen molar-refractivity contribution in [1.82, 2.24) is 24.6 Å². The van der Waals surface area contributed by atoms with E-state index in [4.69, 9.17) is 5.73 Å². The third-order valence-corrected chi connectivity index (χ3v) is 3.83. The van der Waals surface area contributed by atoms with Crippen LogP contribution in [-0.4, -0.2) is 30.5 Å². The summed E-state index contributed by atoms with van der Waals surface area (Å²) < 4.78 is 1.44. The molecule has 0 aliphatic heterocycles. The normalized spacial score (nSPS) is 10.9. The lowest BCUT2D eigenvalue weighted by Crippen LogP contribution is -2.15. The van der Waals surface area contributed by atoms with Crippen LogP contribution in [0, 0.1) is 6.92 Å². The Labute approximate surface area is 143 Å². The van der Waals surface area contributed by atoms with Gasteiger partial charge in [-0.05, 0) is 43.3 Å². The fourth-order valence-corrected chi connectivity index (χ4v) is 2.68. The molecule has 7 nitrogen and oxygen atoms in total. The van der Waals surface area contributed by atoms with Crippen molar-refractivity contribution in [2.75, 3.05) is 0 Å². The summed E-state index contributed by atoms with van der Waals surface area (Å²) in [5.74, 6) is -0.580. The maximum atomic E-state index is 11.5. The summed E-state index contributed by atoms with van der Waals surface area (Å²) >= 11 is 0. The van der Waals surface area contributed by atoms with Crippen LogP contribution in [-0.2, 0) is 0 Å². The van der Waals surface area contributed by atoms with Crippen molar-refractivity contribution in [2.45, 2.75) is 6.92 Å². The quantitative estimate of drug-likeness (QED) is 0.621. The number of hydrogen-bond donors (Lipinski definition) is 1. The van der Waals surface area contributed by atoms with Crippen LogP contribution in [0.2, 0.25) is 0 Å². The molecule has 0 aromatic carbocycles. The number of aromatic nitrogens is 5. The number of carbonyl (C=O) groups is 1. The zero-order valence-corrected chi connectivity index (χ0v) is 13.4. The van der Waals surface area contributed by atoms with E-state index in [9.17, 15) is 4.79 Å². The van der Waals surface area contributed by atoms with Gasteiger partial charge in [0.2, 0.25) is 0 Å². The molecule has 122 valence electrons. The molecule has 7 heteroatoms. The minimum absolute atomic E-state index is 0.232. The molecule has 4 aromatic heterocycles. The van der Waals surface area contributed by atoms with Crippen molar-refractivity contribution in [2.24, 2.45) is 5.73 Å². The molecule has 4 heterocycles. The summed E-state index contributed by atoms with van der Waals surface area (Å²) in [7, 11) is 0. The molecule has 0 fully saturated rings. The molecule has 4 rings (SSSR count). The highest BCUT2D eigenvalue weighted by Gasteiger charge is 2.14. The molecule has 0 spiro atoms. The number of imidazole rings is 1. The number of aryl methyl sites for hydroxylation is 1. The minimum atomic E-state index is -0.580. The molecule has 0 saturated heterocycles. The topological polar surface area (TPSA) is 99.1 Å². The summed E-state index contributed by atoms with van der Waals surface area (Å²) in [6.45, 7) is 1.93. The number of amides is 1. The molecule has 0 aliphatic rings. The maximum Gasteiger partial charge on any atom is 0.269 e. The Morgan fingerprint density at radius 3 is 2.72 bits per heavy atom. The van der Waals surface area contributed by atoms with Crippen LogP contribution in [0.15, 0.2) is 54.9 Å². The molecule has 0 saturated carbocycles. The molecule has 0 aliphatic carbocycles. The Balaban J connectivity index is 1.92. The van der Waals surface area contributed by atoms with Gasteiger partial charge in [-0.15, -0.1) is 0 Å². The van der Waals surface area contributed by atoms with Crippen molar-refractivity contribution in [3.63, 3.8) is 0 Å². The average Bonchev–Trinajstić information content (AvgIpc) is 3.05. The molecular formula is C18H14N6O. The van der Waals surface area contributed by atoms with E-state index in [-0.39, 0.29) is 5.69 Å². The van der Waals surface area contributed by atoms with E-state index in [0.717, 1.165) is 22.6 Å². The molecule has 0 atom stereocenters. The molecular weight excluding hydrogens is 316 g/mol. The molecule has 1 amide bonds. The van der Waals surface area contributed by atoms with Crippen LogP contribution < -0.4 is 5.73 Å². The number of primary amides is 1. The number of rotatable bonds is 3. The smallest absolute Gasteiger partial charge is 0.269 e. The average molecular weight is 330 g/mol. The van der Waals surface area contributed by atoms with Gasteiger partial charge in [0, 0.05) is 17.5 Å². The van der Waals surface area contributed by atoms with Gasteiger partial charge < -0.3 is 5.73 Å². The summed E-state index contributed by atoms with van der Waals surface area (Å²) in [5, 5.41) is 4.52. The van der Waals surface area contributed by atoms with Crippen LogP contribution in [0.3, 0.4) is 0 Å². The lowest BCUT2D eigenvalue weighted by molar-refractivity contribution is 0.0993. The van der Waals surface area contributed by atoms with Gasteiger partial charge >= 0.3 is 0 Å². The number of carbonyl (C=O) groups excluding carboxylic acids is 1. The second-order valence-corrected chi connectivity index (χ2v) is 5.56. The van der Waals surface area contributed by atoms with Crippen molar-refractivity contribution in [3.05, 3.63) is 66.2 Å². The van der Waals surface area contributed by atoms with Crippen LogP contribution in [0.5, 0.6) is 0 Å². The van der Waals surface area contributed by atoms with Crippen LogP contribution >= 0.6 is 0 Å². The number of nitrogens with two attached hydrogens (primary N) is 1. The van der Waals surface area contributed by atoms with Crippen LogP contribution in [0.1, 0.15) is 16.2 Å². The summed E-state index contributed by atoms with van der Waals surface area (Å²) in [6, 6.07) is 13.2. The molecule has 25 heavy (non-hydrogen) atoms. The van der Waals surface area contributed by atoms with E-state index >= 15 is 0 Å². The molecule has 0 unspecified atom stereocenters. The van der Waals surface area contributed by atoms with Gasteiger partial charge in [0.15, 0.2) is 5.65 Å². The summed E-state index contributed by atoms with van der Waals surface area (Å²) in [5.41, 5.74) is 10.0. The monoisotopic (exact) mass is 330 g/mol. The number of hydrogen-bond acceptors (Lipinski definition) is 5. The third kappa shape index (κ3) is 2.61. The standard InChI is InChI=1S/C18H14N6O/c1-11-4-2-6-14(22-11)17-12(5-3-9-20-17)13-7-8-16-21-10-15(18(19)25)24(16)23-13/h2-10H,1H3,(H2,19,25). The largest absolute Gasteiger partial charge is 0.364 e. The first-order chi connectivity index (χ1) is 12.1. The second-order valence-electron chi connectivity index (χ2n) is 5.56. The van der Waals surface area contributed by atoms with Gasteiger partial charge in [0.05, 0.1) is 23.3 Å². The van der Waals surface area contributed by atoms with Gasteiger partial charge in [0.1, 0.15) is 5.69 Å². The van der Waals surface area contributed by atoms with Crippen molar-refractivity contribution >= 4 is 11.6 Å². The summed E-state index contributed by atoms with van der Waals surface area (Å²) in [4.78, 5) is 24.7. The van der Waals surface area contributed by atoms with Gasteiger partial charge in [-0.2, -0.15) is 5.10 Å². The predicted octanol–water partition coefficient (Wildman–Crippen LogP) is 2.26. The van der Waals surface area contributed by atoms with E-state index in [0.29, 0.717) is 11.3 Å². The molecule has 0 radical (unpaired) electrons. The summed E-state index contributed by atoms with van der Waals surface area (Å²) in [6.07, 6.45) is 3.13. The van der Waals surface area contributed by atoms with Crippen LogP contribution in [0.4, 0.5) is 0 Å². The van der Waals surface area contributed by atoms with Crippen LogP contribution in [0.25, 0.3) is 28.3 Å². The molecule has 0 bridgehead atoms. The Bertz CT molecular complexity index is 1100. The lowest BCUT2D eigenvalue weighted by Gasteiger charge is -2.08. The fraction of sp³-hybridized carbons (Fsp3) is 0.0556. The third-order valence-electron chi connectivity index (χ3n) is 3.83. The predicted molar refractivity (Wildman–Crippen MR) is 92.7 cm³/mol. The zero-order valence-electron chi connectivity index (χ0n) is 13.4. The van der Waals surface area contributed by atoms with Gasteiger partial charge in [0.25, 0.3) is 5.91 Å². The Hall–Kier alpha value is -3.61. The molecule has 2 N–H and O–H groups in total. The SMILES string of the molecule is Cc1cccc(-c2ncccc2-c2ccc3ncc(C(N)=O)n3n2)n1.